The van der Waals surface area contributed by atoms with E-state index in [-0.39, 0.29) is 0 Å². The molecule has 3 heterocycles. The van der Waals surface area contributed by atoms with Gasteiger partial charge < -0.3 is 4.42 Å². The Hall–Kier alpha value is -1.91. The number of halogens is 1. The van der Waals surface area contributed by atoms with Gasteiger partial charge in [-0.2, -0.15) is 0 Å². The lowest BCUT2D eigenvalue weighted by molar-refractivity contribution is 0.191. The highest BCUT2D eigenvalue weighted by Crippen LogP contribution is 2.27. The number of piperidine rings is 1. The average Bonchev–Trinajstić information content (AvgIpc) is 3.10. The molecule has 1 fully saturated rings. The number of hydrogen-bond donors (Lipinski definition) is 0. The number of benzene rings is 1. The summed E-state index contributed by atoms with van der Waals surface area (Å²) in [6.45, 7) is 2.96. The number of likely N-dealkylation sites (tertiary alicyclic amines) is 1. The van der Waals surface area contributed by atoms with Gasteiger partial charge in [0.2, 0.25) is 0 Å². The SMILES string of the molecule is Clc1ccc2ccc(CN3CCC(c4ncco4)CC3)nc2c1. The Morgan fingerprint density at radius 1 is 1.17 bits per heavy atom. The highest BCUT2D eigenvalue weighted by atomic mass is 35.5. The van der Waals surface area contributed by atoms with Crippen LogP contribution >= 0.6 is 11.6 Å². The van der Waals surface area contributed by atoms with Crippen LogP contribution < -0.4 is 0 Å². The molecule has 0 spiro atoms. The summed E-state index contributed by atoms with van der Waals surface area (Å²) in [7, 11) is 0. The predicted octanol–water partition coefficient (Wildman–Crippen LogP) is 4.26. The van der Waals surface area contributed by atoms with Crippen molar-refractivity contribution in [1.82, 2.24) is 14.9 Å². The van der Waals surface area contributed by atoms with Gasteiger partial charge in [0.05, 0.1) is 17.4 Å². The molecule has 4 nitrogen and oxygen atoms in total. The van der Waals surface area contributed by atoms with Crippen LogP contribution in [-0.2, 0) is 6.54 Å². The molecule has 0 unspecified atom stereocenters. The monoisotopic (exact) mass is 327 g/mol. The summed E-state index contributed by atoms with van der Waals surface area (Å²) in [5, 5.41) is 1.86. The van der Waals surface area contributed by atoms with Crippen molar-refractivity contribution in [3.05, 3.63) is 59.4 Å². The van der Waals surface area contributed by atoms with Gasteiger partial charge in [0, 0.05) is 22.9 Å². The molecule has 1 saturated heterocycles. The fourth-order valence-electron chi connectivity index (χ4n) is 3.22. The molecule has 5 heteroatoms. The van der Waals surface area contributed by atoms with Crippen LogP contribution in [-0.4, -0.2) is 28.0 Å². The molecule has 0 N–H and O–H groups in total. The molecule has 23 heavy (non-hydrogen) atoms. The quantitative estimate of drug-likeness (QED) is 0.721. The Kier molecular flexibility index (Phi) is 4.02. The van der Waals surface area contributed by atoms with Crippen LogP contribution in [0.1, 0.15) is 30.3 Å². The predicted molar refractivity (Wildman–Crippen MR) is 90.5 cm³/mol. The number of rotatable bonds is 3. The average molecular weight is 328 g/mol. The second-order valence-corrected chi connectivity index (χ2v) is 6.50. The van der Waals surface area contributed by atoms with Gasteiger partial charge in [0.15, 0.2) is 5.89 Å². The van der Waals surface area contributed by atoms with Gasteiger partial charge in [-0.15, -0.1) is 0 Å². The van der Waals surface area contributed by atoms with E-state index < -0.39 is 0 Å². The molecule has 0 aliphatic carbocycles. The van der Waals surface area contributed by atoms with Crippen LogP contribution in [0.3, 0.4) is 0 Å². The number of hydrogen-bond acceptors (Lipinski definition) is 4. The molecule has 3 aromatic rings. The smallest absolute Gasteiger partial charge is 0.197 e. The summed E-state index contributed by atoms with van der Waals surface area (Å²) in [6, 6.07) is 10.1. The van der Waals surface area contributed by atoms with Crippen LogP contribution in [0.4, 0.5) is 0 Å². The number of aromatic nitrogens is 2. The normalized spacial score (nSPS) is 16.9. The molecule has 118 valence electrons. The van der Waals surface area contributed by atoms with Gasteiger partial charge >= 0.3 is 0 Å². The minimum Gasteiger partial charge on any atom is -0.449 e. The van der Waals surface area contributed by atoms with Gasteiger partial charge in [-0.25, -0.2) is 4.98 Å². The van der Waals surface area contributed by atoms with Gasteiger partial charge in [-0.3, -0.25) is 9.88 Å². The molecular formula is C18H18ClN3O. The van der Waals surface area contributed by atoms with Crippen molar-refractivity contribution >= 4 is 22.5 Å². The van der Waals surface area contributed by atoms with Gasteiger partial charge in [-0.05, 0) is 44.1 Å². The maximum absolute atomic E-state index is 6.06. The van der Waals surface area contributed by atoms with Crippen LogP contribution in [0.25, 0.3) is 10.9 Å². The Bertz CT molecular complexity index is 795. The Balaban J connectivity index is 1.43. The minimum absolute atomic E-state index is 0.449. The van der Waals surface area contributed by atoms with Gasteiger partial charge in [0.1, 0.15) is 6.26 Å². The zero-order valence-corrected chi connectivity index (χ0v) is 13.5. The van der Waals surface area contributed by atoms with E-state index in [1.807, 2.05) is 18.2 Å². The zero-order chi connectivity index (χ0) is 15.6. The third-order valence-corrected chi connectivity index (χ3v) is 4.72. The van der Waals surface area contributed by atoms with Crippen molar-refractivity contribution in [3.8, 4) is 0 Å². The molecule has 1 aliphatic heterocycles. The van der Waals surface area contributed by atoms with E-state index in [1.165, 1.54) is 0 Å². The van der Waals surface area contributed by atoms with E-state index in [0.29, 0.717) is 5.92 Å². The van der Waals surface area contributed by atoms with Crippen molar-refractivity contribution in [2.75, 3.05) is 13.1 Å². The first-order chi connectivity index (χ1) is 11.3. The van der Waals surface area contributed by atoms with Crippen molar-refractivity contribution < 1.29 is 4.42 Å². The number of fused-ring (bicyclic) bond motifs is 1. The highest BCUT2D eigenvalue weighted by molar-refractivity contribution is 6.31. The Morgan fingerprint density at radius 3 is 2.78 bits per heavy atom. The van der Waals surface area contributed by atoms with Crippen molar-refractivity contribution in [2.45, 2.75) is 25.3 Å². The summed E-state index contributed by atoms with van der Waals surface area (Å²) < 4.78 is 5.43. The second kappa shape index (κ2) is 6.30. The fraction of sp³-hybridized carbons (Fsp3) is 0.333. The second-order valence-electron chi connectivity index (χ2n) is 6.06. The molecule has 1 aliphatic rings. The lowest BCUT2D eigenvalue weighted by atomic mass is 9.96. The first-order valence-electron chi connectivity index (χ1n) is 7.95. The van der Waals surface area contributed by atoms with Gasteiger partial charge in [-0.1, -0.05) is 23.7 Å². The summed E-state index contributed by atoms with van der Waals surface area (Å²) in [6.07, 6.45) is 5.55. The van der Waals surface area contributed by atoms with Crippen molar-refractivity contribution in [1.29, 1.82) is 0 Å². The molecule has 2 aromatic heterocycles. The zero-order valence-electron chi connectivity index (χ0n) is 12.8. The topological polar surface area (TPSA) is 42.2 Å². The summed E-state index contributed by atoms with van der Waals surface area (Å²) in [5.41, 5.74) is 2.05. The van der Waals surface area contributed by atoms with E-state index in [2.05, 4.69) is 22.0 Å². The molecule has 0 bridgehead atoms. The van der Waals surface area contributed by atoms with E-state index in [1.54, 1.807) is 12.5 Å². The standard InChI is InChI=1S/C18H18ClN3O/c19-15-3-1-13-2-4-16(21-17(13)11-15)12-22-8-5-14(6-9-22)18-20-7-10-23-18/h1-4,7,10-11,14H,5-6,8-9,12H2. The van der Waals surface area contributed by atoms with Crippen molar-refractivity contribution in [2.24, 2.45) is 0 Å². The minimum atomic E-state index is 0.449. The Morgan fingerprint density at radius 2 is 2.00 bits per heavy atom. The van der Waals surface area contributed by atoms with E-state index in [4.69, 9.17) is 21.0 Å². The third-order valence-electron chi connectivity index (χ3n) is 4.49. The molecule has 4 rings (SSSR count). The van der Waals surface area contributed by atoms with Crippen LogP contribution in [0, 0.1) is 0 Å². The maximum atomic E-state index is 6.06. The molecule has 0 saturated carbocycles. The molecular weight excluding hydrogens is 310 g/mol. The number of pyridine rings is 1. The summed E-state index contributed by atoms with van der Waals surface area (Å²) in [5.74, 6) is 1.33. The van der Waals surface area contributed by atoms with Crippen molar-refractivity contribution in [3.63, 3.8) is 0 Å². The number of oxazole rings is 1. The van der Waals surface area contributed by atoms with Crippen LogP contribution in [0.15, 0.2) is 47.2 Å². The Labute approximate surface area is 140 Å². The van der Waals surface area contributed by atoms with Crippen LogP contribution in [0.2, 0.25) is 5.02 Å². The molecule has 0 atom stereocenters. The third kappa shape index (κ3) is 3.23. The van der Waals surface area contributed by atoms with Gasteiger partial charge in [0.25, 0.3) is 0 Å². The van der Waals surface area contributed by atoms with E-state index in [9.17, 15) is 0 Å². The summed E-state index contributed by atoms with van der Waals surface area (Å²) in [4.78, 5) is 11.5. The summed E-state index contributed by atoms with van der Waals surface area (Å²) >= 11 is 6.06. The fourth-order valence-corrected chi connectivity index (χ4v) is 3.39. The first kappa shape index (κ1) is 14.7. The molecule has 0 amide bonds. The lowest BCUT2D eigenvalue weighted by Crippen LogP contribution is -2.32. The van der Waals surface area contributed by atoms with Crippen LogP contribution in [0.5, 0.6) is 0 Å². The first-order valence-corrected chi connectivity index (χ1v) is 8.33. The molecule has 1 aromatic carbocycles. The van der Waals surface area contributed by atoms with E-state index >= 15 is 0 Å². The maximum Gasteiger partial charge on any atom is 0.197 e. The number of nitrogens with zero attached hydrogens (tertiary/aromatic N) is 3. The van der Waals surface area contributed by atoms with E-state index in [0.717, 1.165) is 60.0 Å². The lowest BCUT2D eigenvalue weighted by Gasteiger charge is -2.30. The largest absolute Gasteiger partial charge is 0.449 e. The highest BCUT2D eigenvalue weighted by Gasteiger charge is 2.23. The molecule has 0 radical (unpaired) electrons.